The van der Waals surface area contributed by atoms with Crippen molar-refractivity contribution in [3.8, 4) is 12.1 Å². The summed E-state index contributed by atoms with van der Waals surface area (Å²) >= 11 is 0. The molecule has 2 aromatic carbocycles. The van der Waals surface area contributed by atoms with Crippen molar-refractivity contribution in [1.82, 2.24) is 0 Å². The first kappa shape index (κ1) is 17.9. The van der Waals surface area contributed by atoms with Crippen LogP contribution in [0.25, 0.3) is 24.3 Å². The van der Waals surface area contributed by atoms with Gasteiger partial charge in [-0.2, -0.15) is 15.1 Å². The third-order valence-electron chi connectivity index (χ3n) is 4.28. The summed E-state index contributed by atoms with van der Waals surface area (Å²) in [5.41, 5.74) is 5.56. The van der Waals surface area contributed by atoms with Crippen LogP contribution in [-0.4, -0.2) is 0 Å². The molecule has 0 aliphatic heterocycles. The summed E-state index contributed by atoms with van der Waals surface area (Å²) in [4.78, 5) is 0. The fourth-order valence-corrected chi connectivity index (χ4v) is 2.65. The highest BCUT2D eigenvalue weighted by atomic mass is 14.9. The van der Waals surface area contributed by atoms with E-state index in [-0.39, 0.29) is 0 Å². The van der Waals surface area contributed by atoms with E-state index in [1.165, 1.54) is 0 Å². The van der Waals surface area contributed by atoms with Gasteiger partial charge in [-0.05, 0) is 53.6 Å². The molecule has 0 N–H and O–H groups in total. The Hall–Kier alpha value is -3.95. The molecule has 3 aromatic rings. The van der Waals surface area contributed by atoms with Gasteiger partial charge in [-0.1, -0.05) is 24.3 Å². The van der Waals surface area contributed by atoms with Gasteiger partial charge < -0.3 is 0 Å². The molecule has 0 radical (unpaired) electrons. The lowest BCUT2D eigenvalue weighted by Gasteiger charge is -1.99. The molecule has 3 nitrogen and oxygen atoms in total. The van der Waals surface area contributed by atoms with Gasteiger partial charge >= 0.3 is 0 Å². The van der Waals surface area contributed by atoms with Crippen LogP contribution < -0.4 is 4.57 Å². The normalized spacial score (nSPS) is 10.8. The van der Waals surface area contributed by atoms with Crippen molar-refractivity contribution in [1.29, 1.82) is 10.5 Å². The van der Waals surface area contributed by atoms with Gasteiger partial charge in [-0.25, -0.2) is 0 Å². The largest absolute Gasteiger partial charge is 0.205 e. The molecule has 27 heavy (non-hydrogen) atoms. The molecule has 1 aromatic heterocycles. The van der Waals surface area contributed by atoms with E-state index in [4.69, 9.17) is 10.5 Å². The van der Waals surface area contributed by atoms with E-state index in [2.05, 4.69) is 41.0 Å². The van der Waals surface area contributed by atoms with Crippen LogP contribution in [-0.2, 0) is 7.05 Å². The molecule has 0 aliphatic carbocycles. The lowest BCUT2D eigenvalue weighted by molar-refractivity contribution is -0.675. The number of rotatable bonds is 4. The van der Waals surface area contributed by atoms with Gasteiger partial charge in [0.05, 0.1) is 23.3 Å². The summed E-state index contributed by atoms with van der Waals surface area (Å²) in [6, 6.07) is 25.4. The number of hydrogen-bond donors (Lipinski definition) is 0. The van der Waals surface area contributed by atoms with Gasteiger partial charge in [0, 0.05) is 24.3 Å². The molecule has 0 aliphatic rings. The van der Waals surface area contributed by atoms with Crippen LogP contribution in [0.5, 0.6) is 0 Å². The van der Waals surface area contributed by atoms with Crippen LogP contribution in [0.15, 0.2) is 66.7 Å². The highest BCUT2D eigenvalue weighted by Crippen LogP contribution is 2.10. The van der Waals surface area contributed by atoms with Gasteiger partial charge in [0.25, 0.3) is 0 Å². The summed E-state index contributed by atoms with van der Waals surface area (Å²) < 4.78 is 2.11. The van der Waals surface area contributed by atoms with E-state index < -0.39 is 0 Å². The van der Waals surface area contributed by atoms with Crippen molar-refractivity contribution in [3.63, 3.8) is 0 Å². The van der Waals surface area contributed by atoms with Gasteiger partial charge in [-0.3, -0.25) is 0 Å². The predicted molar refractivity (Wildman–Crippen MR) is 108 cm³/mol. The second-order valence-electron chi connectivity index (χ2n) is 6.07. The summed E-state index contributed by atoms with van der Waals surface area (Å²) in [6.07, 6.45) is 8.18. The van der Waals surface area contributed by atoms with Gasteiger partial charge in [0.1, 0.15) is 7.05 Å². The smallest absolute Gasteiger partial charge is 0.195 e. The average molecular weight is 348 g/mol. The molecule has 1 heterocycles. The minimum atomic E-state index is 0.660. The quantitative estimate of drug-likeness (QED) is 0.647. The first-order valence-corrected chi connectivity index (χ1v) is 8.55. The van der Waals surface area contributed by atoms with Crippen LogP contribution in [0.4, 0.5) is 0 Å². The molecular formula is C24H18N3+. The molecule has 0 saturated carbocycles. The molecular weight excluding hydrogens is 330 g/mol. The van der Waals surface area contributed by atoms with E-state index in [0.29, 0.717) is 11.1 Å². The average Bonchev–Trinajstić information content (AvgIpc) is 2.73. The summed E-state index contributed by atoms with van der Waals surface area (Å²) in [5, 5.41) is 17.7. The fourth-order valence-electron chi connectivity index (χ4n) is 2.65. The third-order valence-corrected chi connectivity index (χ3v) is 4.28. The Morgan fingerprint density at radius 3 is 1.41 bits per heavy atom. The molecule has 0 bridgehead atoms. The van der Waals surface area contributed by atoms with Crippen molar-refractivity contribution in [2.24, 2.45) is 7.05 Å². The fraction of sp³-hybridized carbons (Fsp3) is 0.0417. The maximum Gasteiger partial charge on any atom is 0.205 e. The van der Waals surface area contributed by atoms with Crippen molar-refractivity contribution in [2.45, 2.75) is 0 Å². The molecule has 128 valence electrons. The second-order valence-corrected chi connectivity index (χ2v) is 6.07. The van der Waals surface area contributed by atoms with Crippen LogP contribution in [0, 0.1) is 22.7 Å². The first-order valence-electron chi connectivity index (χ1n) is 8.55. The molecule has 0 saturated heterocycles. The van der Waals surface area contributed by atoms with E-state index >= 15 is 0 Å². The highest BCUT2D eigenvalue weighted by molar-refractivity contribution is 5.69. The zero-order chi connectivity index (χ0) is 19.1. The van der Waals surface area contributed by atoms with Gasteiger partial charge in [0.15, 0.2) is 0 Å². The maximum absolute atomic E-state index is 8.87. The van der Waals surface area contributed by atoms with Crippen molar-refractivity contribution >= 4 is 24.3 Å². The van der Waals surface area contributed by atoms with Crippen LogP contribution in [0.3, 0.4) is 0 Å². The summed E-state index contributed by atoms with van der Waals surface area (Å²) in [6.45, 7) is 0. The molecule has 0 atom stereocenters. The Bertz CT molecular complexity index is 989. The Labute approximate surface area is 159 Å². The van der Waals surface area contributed by atoms with E-state index in [1.807, 2.05) is 73.8 Å². The Balaban J connectivity index is 1.80. The van der Waals surface area contributed by atoms with Crippen LogP contribution in [0.1, 0.15) is 33.6 Å². The van der Waals surface area contributed by atoms with Crippen molar-refractivity contribution in [3.05, 3.63) is 100 Å². The zero-order valence-corrected chi connectivity index (χ0v) is 15.0. The number of aromatic nitrogens is 1. The van der Waals surface area contributed by atoms with Crippen molar-refractivity contribution < 1.29 is 4.57 Å². The topological polar surface area (TPSA) is 51.5 Å². The predicted octanol–water partition coefficient (Wildman–Crippen LogP) is 4.60. The standard InChI is InChI=1S/C24H18N3/c1-27-23(15-13-19-5-9-21(17-25)10-6-19)3-2-4-24(27)16-14-20-7-11-22(18-26)12-8-20/h2-16H,1H3/q+1/b15-13+,16-14+. The SMILES string of the molecule is C[n+]1c(/C=C/c2ccc(C#N)cc2)cccc1/C=C/c1ccc(C#N)cc1. The monoisotopic (exact) mass is 348 g/mol. The lowest BCUT2D eigenvalue weighted by Crippen LogP contribution is -2.35. The van der Waals surface area contributed by atoms with Gasteiger partial charge in [0.2, 0.25) is 11.4 Å². The summed E-state index contributed by atoms with van der Waals surface area (Å²) in [7, 11) is 2.02. The molecule has 3 heteroatoms. The Morgan fingerprint density at radius 2 is 1.04 bits per heavy atom. The number of nitriles is 2. The molecule has 0 amide bonds. The number of hydrogen-bond acceptors (Lipinski definition) is 2. The second kappa shape index (κ2) is 8.43. The maximum atomic E-state index is 8.87. The minimum absolute atomic E-state index is 0.660. The first-order chi connectivity index (χ1) is 13.2. The van der Waals surface area contributed by atoms with Crippen LogP contribution in [0.2, 0.25) is 0 Å². The summed E-state index contributed by atoms with van der Waals surface area (Å²) in [5.74, 6) is 0. The number of benzene rings is 2. The molecule has 3 rings (SSSR count). The van der Waals surface area contributed by atoms with Crippen LogP contribution >= 0.6 is 0 Å². The minimum Gasteiger partial charge on any atom is -0.195 e. The van der Waals surface area contributed by atoms with E-state index in [0.717, 1.165) is 22.5 Å². The zero-order valence-electron chi connectivity index (χ0n) is 15.0. The Morgan fingerprint density at radius 1 is 0.630 bits per heavy atom. The Kier molecular flexibility index (Phi) is 5.57. The highest BCUT2D eigenvalue weighted by Gasteiger charge is 2.07. The van der Waals surface area contributed by atoms with Crippen molar-refractivity contribution in [2.75, 3.05) is 0 Å². The van der Waals surface area contributed by atoms with Gasteiger partial charge in [-0.15, -0.1) is 0 Å². The molecule has 0 fully saturated rings. The van der Waals surface area contributed by atoms with E-state index in [1.54, 1.807) is 0 Å². The third kappa shape index (κ3) is 4.57. The molecule has 0 spiro atoms. The van der Waals surface area contributed by atoms with E-state index in [9.17, 15) is 0 Å². The molecule has 0 unspecified atom stereocenters. The lowest BCUT2D eigenvalue weighted by atomic mass is 10.1. The number of pyridine rings is 1. The number of nitrogens with zero attached hydrogens (tertiary/aromatic N) is 3.